The first-order chi connectivity index (χ1) is 13.8. The Morgan fingerprint density at radius 2 is 1.72 bits per heavy atom. The molecule has 1 amide bonds. The molecule has 0 aromatic carbocycles. The molecule has 0 spiro atoms. The van der Waals surface area contributed by atoms with Crippen molar-refractivity contribution >= 4 is 11.9 Å². The molecule has 3 unspecified atom stereocenters. The monoisotopic (exact) mass is 405 g/mol. The van der Waals surface area contributed by atoms with Crippen molar-refractivity contribution in [2.24, 2.45) is 22.7 Å². The highest BCUT2D eigenvalue weighted by atomic mass is 16.2. The third-order valence-electron chi connectivity index (χ3n) is 7.18. The maximum Gasteiger partial charge on any atom is 0.225 e. The normalized spacial score (nSPS) is 30.0. The number of hydrogen-bond donors (Lipinski definition) is 2. The van der Waals surface area contributed by atoms with E-state index in [9.17, 15) is 4.79 Å². The Kier molecular flexibility index (Phi) is 7.47. The molecule has 3 aliphatic rings. The van der Waals surface area contributed by atoms with Crippen LogP contribution in [0.5, 0.6) is 0 Å². The zero-order valence-corrected chi connectivity index (χ0v) is 19.3. The first-order valence-corrected chi connectivity index (χ1v) is 11.8. The zero-order chi connectivity index (χ0) is 21.0. The van der Waals surface area contributed by atoms with Crippen LogP contribution in [0.4, 0.5) is 0 Å². The van der Waals surface area contributed by atoms with Gasteiger partial charge in [-0.05, 0) is 51.4 Å². The lowest BCUT2D eigenvalue weighted by Gasteiger charge is -2.45. The van der Waals surface area contributed by atoms with Crippen molar-refractivity contribution in [3.8, 4) is 0 Å². The molecule has 6 nitrogen and oxygen atoms in total. The fraction of sp³-hybridized carbons (Fsp3) is 0.913. The van der Waals surface area contributed by atoms with Crippen LogP contribution < -0.4 is 10.6 Å². The zero-order valence-electron chi connectivity index (χ0n) is 19.3. The highest BCUT2D eigenvalue weighted by Gasteiger charge is 2.34. The topological polar surface area (TPSA) is 60.0 Å². The molecular formula is C23H43N5O. The van der Waals surface area contributed by atoms with E-state index >= 15 is 0 Å². The minimum atomic E-state index is 0.0840. The van der Waals surface area contributed by atoms with Gasteiger partial charge in [0.05, 0.1) is 0 Å². The molecule has 0 aromatic rings. The lowest BCUT2D eigenvalue weighted by molar-refractivity contribution is -0.134. The van der Waals surface area contributed by atoms with Gasteiger partial charge < -0.3 is 15.5 Å². The van der Waals surface area contributed by atoms with E-state index in [-0.39, 0.29) is 11.5 Å². The van der Waals surface area contributed by atoms with Gasteiger partial charge in [0, 0.05) is 57.3 Å². The quantitative estimate of drug-likeness (QED) is 0.545. The third-order valence-corrected chi connectivity index (χ3v) is 7.18. The van der Waals surface area contributed by atoms with Crippen LogP contribution in [-0.2, 0) is 4.79 Å². The van der Waals surface area contributed by atoms with E-state index in [0.717, 1.165) is 56.7 Å². The molecule has 0 radical (unpaired) electrons. The van der Waals surface area contributed by atoms with E-state index in [1.807, 2.05) is 7.05 Å². The Balaban J connectivity index is 1.46. The molecule has 0 bridgehead atoms. The van der Waals surface area contributed by atoms with E-state index in [2.05, 4.69) is 53.1 Å². The summed E-state index contributed by atoms with van der Waals surface area (Å²) in [7, 11) is 1.84. The van der Waals surface area contributed by atoms with Gasteiger partial charge in [0.15, 0.2) is 5.96 Å². The molecule has 1 saturated carbocycles. The van der Waals surface area contributed by atoms with Crippen molar-refractivity contribution in [1.82, 2.24) is 20.4 Å². The maximum atomic E-state index is 12.7. The molecule has 2 N–H and O–H groups in total. The summed E-state index contributed by atoms with van der Waals surface area (Å²) in [5, 5.41) is 7.12. The number of guanidine groups is 1. The highest BCUT2D eigenvalue weighted by Crippen LogP contribution is 2.28. The first-order valence-electron chi connectivity index (χ1n) is 11.8. The molecule has 29 heavy (non-hydrogen) atoms. The first kappa shape index (κ1) is 22.4. The van der Waals surface area contributed by atoms with Gasteiger partial charge in [0.1, 0.15) is 0 Å². The number of aliphatic imine (C=N–C) groups is 1. The van der Waals surface area contributed by atoms with Crippen LogP contribution in [0.3, 0.4) is 0 Å². The van der Waals surface area contributed by atoms with Crippen LogP contribution in [0.1, 0.15) is 66.2 Å². The lowest BCUT2D eigenvalue weighted by atomic mass is 9.88. The predicted octanol–water partition coefficient (Wildman–Crippen LogP) is 2.70. The number of piperidine rings is 1. The van der Waals surface area contributed by atoms with Crippen molar-refractivity contribution in [1.29, 1.82) is 0 Å². The molecule has 3 rings (SSSR count). The van der Waals surface area contributed by atoms with Crippen molar-refractivity contribution in [3.63, 3.8) is 0 Å². The van der Waals surface area contributed by atoms with E-state index in [1.165, 1.54) is 32.4 Å². The van der Waals surface area contributed by atoms with Gasteiger partial charge in [-0.2, -0.15) is 0 Å². The van der Waals surface area contributed by atoms with Crippen LogP contribution in [0.15, 0.2) is 4.99 Å². The molecule has 6 heteroatoms. The van der Waals surface area contributed by atoms with Gasteiger partial charge in [0.2, 0.25) is 5.91 Å². The smallest absolute Gasteiger partial charge is 0.225 e. The summed E-state index contributed by atoms with van der Waals surface area (Å²) in [6, 6.07) is 0.296. The molecule has 2 aliphatic heterocycles. The van der Waals surface area contributed by atoms with Gasteiger partial charge in [-0.25, -0.2) is 0 Å². The summed E-state index contributed by atoms with van der Waals surface area (Å²) >= 11 is 0. The van der Waals surface area contributed by atoms with E-state index in [0.29, 0.717) is 11.9 Å². The van der Waals surface area contributed by atoms with Crippen LogP contribution in [0.2, 0.25) is 0 Å². The lowest BCUT2D eigenvalue weighted by Crippen LogP contribution is -2.57. The molecule has 166 valence electrons. The molecule has 2 heterocycles. The fourth-order valence-corrected chi connectivity index (χ4v) is 5.47. The van der Waals surface area contributed by atoms with E-state index in [4.69, 9.17) is 0 Å². The minimum absolute atomic E-state index is 0.0840. The van der Waals surface area contributed by atoms with Crippen LogP contribution in [0, 0.1) is 17.8 Å². The number of carbonyl (C=O) groups is 1. The Morgan fingerprint density at radius 3 is 2.34 bits per heavy atom. The fourth-order valence-electron chi connectivity index (χ4n) is 5.47. The molecule has 0 aromatic heterocycles. The average molecular weight is 406 g/mol. The standard InChI is InChI=1S/C23H43N5O/c1-17-12-18(2)14-28(13-17)23(3,4)16-25-22(24-5)26-20-10-11-27(15-20)21(29)19-8-6-7-9-19/h17-20H,6-16H2,1-5H3,(H2,24,25,26). The Hall–Kier alpha value is -1.30. The van der Waals surface area contributed by atoms with Gasteiger partial charge >= 0.3 is 0 Å². The summed E-state index contributed by atoms with van der Waals surface area (Å²) in [6.07, 6.45) is 6.93. The van der Waals surface area contributed by atoms with E-state index < -0.39 is 0 Å². The second-order valence-electron chi connectivity index (χ2n) is 10.5. The van der Waals surface area contributed by atoms with Crippen molar-refractivity contribution in [2.45, 2.75) is 77.8 Å². The van der Waals surface area contributed by atoms with Gasteiger partial charge in [-0.15, -0.1) is 0 Å². The Labute approximate surface area is 177 Å². The van der Waals surface area contributed by atoms with Crippen molar-refractivity contribution in [2.75, 3.05) is 39.8 Å². The predicted molar refractivity (Wildman–Crippen MR) is 120 cm³/mol. The molecule has 3 fully saturated rings. The third kappa shape index (κ3) is 5.87. The summed E-state index contributed by atoms with van der Waals surface area (Å²) < 4.78 is 0. The van der Waals surface area contributed by atoms with Crippen LogP contribution in [0.25, 0.3) is 0 Å². The number of amides is 1. The van der Waals surface area contributed by atoms with Gasteiger partial charge in [0.25, 0.3) is 0 Å². The van der Waals surface area contributed by atoms with Gasteiger partial charge in [-0.3, -0.25) is 14.7 Å². The number of rotatable bonds is 5. The summed E-state index contributed by atoms with van der Waals surface area (Å²) in [5.41, 5.74) is 0.0840. The van der Waals surface area contributed by atoms with E-state index in [1.54, 1.807) is 0 Å². The summed E-state index contributed by atoms with van der Waals surface area (Å²) in [4.78, 5) is 21.8. The SMILES string of the molecule is CN=C(NCC(C)(C)N1CC(C)CC(C)C1)NC1CCN(C(=O)C2CCCC2)C1. The maximum absolute atomic E-state index is 12.7. The Morgan fingerprint density at radius 1 is 1.07 bits per heavy atom. The minimum Gasteiger partial charge on any atom is -0.355 e. The van der Waals surface area contributed by atoms with Crippen molar-refractivity contribution < 1.29 is 4.79 Å². The number of hydrogen-bond acceptors (Lipinski definition) is 3. The molecule has 2 saturated heterocycles. The summed E-state index contributed by atoms with van der Waals surface area (Å²) in [5.74, 6) is 3.04. The second-order valence-corrected chi connectivity index (χ2v) is 10.5. The largest absolute Gasteiger partial charge is 0.355 e. The number of carbonyl (C=O) groups excluding carboxylic acids is 1. The molecule has 1 aliphatic carbocycles. The number of nitrogens with zero attached hydrogens (tertiary/aromatic N) is 3. The van der Waals surface area contributed by atoms with Crippen LogP contribution >= 0.6 is 0 Å². The molecular weight excluding hydrogens is 362 g/mol. The number of nitrogens with one attached hydrogen (secondary N) is 2. The van der Waals surface area contributed by atoms with Crippen molar-refractivity contribution in [3.05, 3.63) is 0 Å². The summed E-state index contributed by atoms with van der Waals surface area (Å²) in [6.45, 7) is 14.3. The highest BCUT2D eigenvalue weighted by molar-refractivity contribution is 5.81. The van der Waals surface area contributed by atoms with Crippen LogP contribution in [-0.4, -0.2) is 73.0 Å². The second kappa shape index (κ2) is 9.67. The average Bonchev–Trinajstić information content (AvgIpc) is 3.36. The Bertz CT molecular complexity index is 574. The van der Waals surface area contributed by atoms with Gasteiger partial charge in [-0.1, -0.05) is 26.7 Å². The number of likely N-dealkylation sites (tertiary alicyclic amines) is 2. The molecule has 3 atom stereocenters.